The molecule has 0 bridgehead atoms. The van der Waals surface area contributed by atoms with E-state index in [0.29, 0.717) is 23.5 Å². The number of fused-ring (bicyclic) bond motifs is 3. The van der Waals surface area contributed by atoms with Crippen molar-refractivity contribution in [2.45, 2.75) is 68.6 Å². The third-order valence-corrected chi connectivity index (χ3v) is 12.8. The lowest BCUT2D eigenvalue weighted by Crippen LogP contribution is -2.28. The molecule has 4 aliphatic carbocycles. The third-order valence-electron chi connectivity index (χ3n) is 12.8. The van der Waals surface area contributed by atoms with Crippen LogP contribution in [-0.4, -0.2) is 21.2 Å². The normalized spacial score (nSPS) is 21.9. The molecule has 10 rings (SSSR count). The number of hydrogen-bond acceptors (Lipinski definition) is 5. The summed E-state index contributed by atoms with van der Waals surface area (Å²) in [6.45, 7) is 4.53. The molecule has 3 atom stereocenters. The predicted molar refractivity (Wildman–Crippen MR) is 235 cm³/mol. The van der Waals surface area contributed by atoms with Gasteiger partial charge in [-0.3, -0.25) is 4.99 Å². The monoisotopic (exact) mass is 751 g/mol. The standard InChI is InChI=1S/C53H45N5/c1-35-46-27-16-37(33-54)30-48(46)53(28-8-3-9-29-53)47(35)13-7-6-10-36-14-17-38(18-15-36)39-19-23-42(24-20-39)51-56-50(41-11-4-2-5-12-41)57-52(58-51)43-25-21-40(22-26-43)45-31-44-32-49(44)55-34-45/h2,4-7,11,13-27,30,32,34,41,44-45H,1,3,8-10,12,28-29,31H2/b7-6-,47-13+. The van der Waals surface area contributed by atoms with Crippen LogP contribution in [0, 0.1) is 17.2 Å². The van der Waals surface area contributed by atoms with E-state index in [-0.39, 0.29) is 11.3 Å². The van der Waals surface area contributed by atoms with Crippen molar-refractivity contribution in [2.24, 2.45) is 10.9 Å². The van der Waals surface area contributed by atoms with Crippen molar-refractivity contribution in [1.82, 2.24) is 15.0 Å². The highest BCUT2D eigenvalue weighted by Gasteiger charge is 2.45. The van der Waals surface area contributed by atoms with E-state index >= 15 is 0 Å². The van der Waals surface area contributed by atoms with Crippen LogP contribution in [0.25, 0.3) is 39.5 Å². The minimum absolute atomic E-state index is 0.0209. The molecule has 1 spiro atoms. The van der Waals surface area contributed by atoms with Crippen LogP contribution in [0.3, 0.4) is 0 Å². The SMILES string of the molecule is C=C1/C(=C\C=C/Cc2ccc(-c3ccc(-c4nc(-c5ccc(C6C=NC7=CC7C6)cc5)nc(C5C=CC=CC5)n4)cc3)cc2)C2(CCCCC2)c2cc(C#N)ccc21. The molecule has 1 saturated carbocycles. The topological polar surface area (TPSA) is 74.8 Å². The van der Waals surface area contributed by atoms with E-state index in [9.17, 15) is 5.26 Å². The van der Waals surface area contributed by atoms with E-state index in [2.05, 4.69) is 157 Å². The summed E-state index contributed by atoms with van der Waals surface area (Å²) in [5, 5.41) is 9.62. The van der Waals surface area contributed by atoms with Crippen LogP contribution in [0.15, 0.2) is 162 Å². The lowest BCUT2D eigenvalue weighted by molar-refractivity contribution is 0.353. The van der Waals surface area contributed by atoms with Gasteiger partial charge in [-0.15, -0.1) is 0 Å². The van der Waals surface area contributed by atoms with E-state index in [4.69, 9.17) is 15.0 Å². The minimum Gasteiger partial charge on any atom is -0.265 e. The van der Waals surface area contributed by atoms with E-state index in [1.807, 2.05) is 6.07 Å². The molecule has 5 nitrogen and oxygen atoms in total. The lowest BCUT2D eigenvalue weighted by atomic mass is 9.67. The zero-order valence-electron chi connectivity index (χ0n) is 32.7. The maximum Gasteiger partial charge on any atom is 0.163 e. The number of rotatable bonds is 8. The van der Waals surface area contributed by atoms with Crippen molar-refractivity contribution in [3.8, 4) is 40.0 Å². The largest absolute Gasteiger partial charge is 0.265 e. The van der Waals surface area contributed by atoms with Gasteiger partial charge in [-0.25, -0.2) is 15.0 Å². The van der Waals surface area contributed by atoms with Gasteiger partial charge in [0.15, 0.2) is 11.6 Å². The fourth-order valence-corrected chi connectivity index (χ4v) is 9.51. The van der Waals surface area contributed by atoms with Gasteiger partial charge in [-0.05, 0) is 88.8 Å². The Morgan fingerprint density at radius 2 is 1.47 bits per heavy atom. The smallest absolute Gasteiger partial charge is 0.163 e. The Bertz CT molecular complexity index is 2640. The molecular formula is C53H45N5. The van der Waals surface area contributed by atoms with E-state index in [1.54, 1.807) is 0 Å². The second kappa shape index (κ2) is 15.1. The van der Waals surface area contributed by atoms with Crippen molar-refractivity contribution < 1.29 is 0 Å². The molecule has 1 fully saturated rings. The summed E-state index contributed by atoms with van der Waals surface area (Å²) < 4.78 is 0. The molecule has 1 aliphatic heterocycles. The van der Waals surface area contributed by atoms with Crippen molar-refractivity contribution >= 4 is 11.8 Å². The quantitative estimate of drug-likeness (QED) is 0.158. The fourth-order valence-electron chi connectivity index (χ4n) is 9.51. The van der Waals surface area contributed by atoms with Gasteiger partial charge >= 0.3 is 0 Å². The van der Waals surface area contributed by atoms with Gasteiger partial charge in [0, 0.05) is 46.2 Å². The summed E-state index contributed by atoms with van der Waals surface area (Å²) in [5.41, 5.74) is 13.7. The van der Waals surface area contributed by atoms with E-state index < -0.39 is 0 Å². The summed E-state index contributed by atoms with van der Waals surface area (Å²) >= 11 is 0. The van der Waals surface area contributed by atoms with Gasteiger partial charge in [-0.1, -0.05) is 153 Å². The molecule has 0 amide bonds. The van der Waals surface area contributed by atoms with Crippen LogP contribution in [0.2, 0.25) is 0 Å². The van der Waals surface area contributed by atoms with Gasteiger partial charge in [0.1, 0.15) is 5.82 Å². The first kappa shape index (κ1) is 35.9. The van der Waals surface area contributed by atoms with Crippen LogP contribution < -0.4 is 0 Å². The minimum atomic E-state index is -0.0209. The Kier molecular flexibility index (Phi) is 9.34. The van der Waals surface area contributed by atoms with Crippen molar-refractivity contribution in [3.63, 3.8) is 0 Å². The first-order valence-corrected chi connectivity index (χ1v) is 20.8. The second-order valence-corrected chi connectivity index (χ2v) is 16.4. The van der Waals surface area contributed by atoms with Crippen LogP contribution >= 0.6 is 0 Å². The molecule has 3 unspecified atom stereocenters. The molecule has 1 aromatic heterocycles. The summed E-state index contributed by atoms with van der Waals surface area (Å²) in [7, 11) is 0. The van der Waals surface area contributed by atoms with Gasteiger partial charge in [0.2, 0.25) is 0 Å². The summed E-state index contributed by atoms with van der Waals surface area (Å²) in [6.07, 6.45) is 28.4. The maximum absolute atomic E-state index is 9.62. The molecule has 5 aromatic rings. The number of aromatic nitrogens is 3. The molecule has 282 valence electrons. The van der Waals surface area contributed by atoms with Crippen LogP contribution in [0.1, 0.15) is 90.4 Å². The van der Waals surface area contributed by atoms with Crippen LogP contribution in [-0.2, 0) is 11.8 Å². The molecular weight excluding hydrogens is 707 g/mol. The molecule has 2 heterocycles. The van der Waals surface area contributed by atoms with Gasteiger partial charge < -0.3 is 0 Å². The average molecular weight is 752 g/mol. The van der Waals surface area contributed by atoms with Gasteiger partial charge in [-0.2, -0.15) is 5.26 Å². The highest BCUT2D eigenvalue weighted by Crippen LogP contribution is 2.56. The Balaban J connectivity index is 0.848. The Morgan fingerprint density at radius 1 is 0.759 bits per heavy atom. The Labute approximate surface area is 341 Å². The summed E-state index contributed by atoms with van der Waals surface area (Å²) in [6, 6.07) is 34.6. The Hall–Kier alpha value is -6.51. The summed E-state index contributed by atoms with van der Waals surface area (Å²) in [5.74, 6) is 3.19. The predicted octanol–water partition coefficient (Wildman–Crippen LogP) is 12.4. The number of nitrogens with zero attached hydrogens (tertiary/aromatic N) is 5. The first-order valence-electron chi connectivity index (χ1n) is 20.8. The highest BCUT2D eigenvalue weighted by atomic mass is 15.0. The highest BCUT2D eigenvalue weighted by molar-refractivity contribution is 5.89. The molecule has 0 N–H and O–H groups in total. The van der Waals surface area contributed by atoms with Crippen molar-refractivity contribution in [3.05, 3.63) is 191 Å². The number of benzene rings is 4. The van der Waals surface area contributed by atoms with E-state index in [1.165, 1.54) is 58.3 Å². The number of nitriles is 1. The molecule has 0 saturated heterocycles. The van der Waals surface area contributed by atoms with Crippen molar-refractivity contribution in [2.75, 3.05) is 0 Å². The average Bonchev–Trinajstić information content (AvgIpc) is 4.05. The molecule has 4 aromatic carbocycles. The molecule has 0 radical (unpaired) electrons. The first-order chi connectivity index (χ1) is 28.5. The van der Waals surface area contributed by atoms with Crippen LogP contribution in [0.5, 0.6) is 0 Å². The maximum atomic E-state index is 9.62. The lowest BCUT2D eigenvalue weighted by Gasteiger charge is -2.36. The van der Waals surface area contributed by atoms with Crippen molar-refractivity contribution in [1.29, 1.82) is 5.26 Å². The molecule has 58 heavy (non-hydrogen) atoms. The molecule has 5 aliphatic rings. The van der Waals surface area contributed by atoms with E-state index in [0.717, 1.165) is 65.8 Å². The molecule has 5 heteroatoms. The third kappa shape index (κ3) is 6.83. The number of allylic oxidation sites excluding steroid dienone is 11. The Morgan fingerprint density at radius 3 is 2.16 bits per heavy atom. The van der Waals surface area contributed by atoms with Crippen LogP contribution in [0.4, 0.5) is 0 Å². The van der Waals surface area contributed by atoms with Gasteiger partial charge in [0.05, 0.1) is 11.6 Å². The zero-order valence-corrected chi connectivity index (χ0v) is 32.7. The van der Waals surface area contributed by atoms with Gasteiger partial charge in [0.25, 0.3) is 0 Å². The second-order valence-electron chi connectivity index (χ2n) is 16.4. The summed E-state index contributed by atoms with van der Waals surface area (Å²) in [4.78, 5) is 19.7. The zero-order chi connectivity index (χ0) is 39.1. The fraction of sp³-hybridized carbons (Fsp3) is 0.226. The number of aliphatic imine (C=N–C) groups is 1. The number of hydrogen-bond donors (Lipinski definition) is 0.